The molecule has 0 saturated carbocycles. The van der Waals surface area contributed by atoms with E-state index in [1.807, 2.05) is 18.5 Å². The molecule has 0 aromatic carbocycles. The number of rotatable bonds is 2. The van der Waals surface area contributed by atoms with Gasteiger partial charge in [-0.1, -0.05) is 0 Å². The standard InChI is InChI=1S/C16H17N6/c17-16-19-6-4-12(21-16)11-10-20-15-14(11)13(5-7-18-15)22-8-2-1-3-9-22/h4-8,10H,1-3,9H2,(H,18,20)(H2,17,19,21). The monoisotopic (exact) mass is 293 g/mol. The molecule has 1 aliphatic rings. The van der Waals surface area contributed by atoms with Crippen LogP contribution < -0.4 is 10.6 Å². The summed E-state index contributed by atoms with van der Waals surface area (Å²) in [6, 6.07) is 3.93. The maximum Gasteiger partial charge on any atom is 0.220 e. The van der Waals surface area contributed by atoms with Gasteiger partial charge < -0.3 is 15.6 Å². The lowest BCUT2D eigenvalue weighted by Crippen LogP contribution is -2.25. The molecule has 1 saturated heterocycles. The zero-order chi connectivity index (χ0) is 14.9. The van der Waals surface area contributed by atoms with Crippen LogP contribution in [0.25, 0.3) is 22.3 Å². The van der Waals surface area contributed by atoms with E-state index in [-0.39, 0.29) is 5.95 Å². The molecule has 6 nitrogen and oxygen atoms in total. The van der Waals surface area contributed by atoms with Crippen LogP contribution in [-0.2, 0) is 0 Å². The van der Waals surface area contributed by atoms with E-state index in [0.717, 1.165) is 40.9 Å². The predicted octanol–water partition coefficient (Wildman–Crippen LogP) is 2.75. The molecule has 22 heavy (non-hydrogen) atoms. The van der Waals surface area contributed by atoms with Crippen molar-refractivity contribution < 1.29 is 0 Å². The number of nitrogen functional groups attached to an aromatic ring is 1. The molecule has 1 fully saturated rings. The van der Waals surface area contributed by atoms with Crippen LogP contribution in [0.3, 0.4) is 0 Å². The summed E-state index contributed by atoms with van der Waals surface area (Å²) in [5.41, 5.74) is 9.57. The molecular weight excluding hydrogens is 276 g/mol. The normalized spacial score (nSPS) is 15.4. The highest BCUT2D eigenvalue weighted by Crippen LogP contribution is 2.35. The summed E-state index contributed by atoms with van der Waals surface area (Å²) in [5, 5.41) is 1.08. The number of hydrogen-bond donors (Lipinski definition) is 2. The van der Waals surface area contributed by atoms with Crippen LogP contribution in [0.5, 0.6) is 0 Å². The van der Waals surface area contributed by atoms with Crippen molar-refractivity contribution in [2.45, 2.75) is 19.3 Å². The van der Waals surface area contributed by atoms with Crippen LogP contribution in [0.2, 0.25) is 0 Å². The number of fused-ring (bicyclic) bond motifs is 1. The van der Waals surface area contributed by atoms with Gasteiger partial charge in [-0.15, -0.1) is 0 Å². The molecule has 1 radical (unpaired) electrons. The Hall–Kier alpha value is -2.63. The Morgan fingerprint density at radius 1 is 1.14 bits per heavy atom. The van der Waals surface area contributed by atoms with E-state index >= 15 is 0 Å². The molecule has 3 aromatic heterocycles. The summed E-state index contributed by atoms with van der Waals surface area (Å²) in [6.45, 7) is 3.30. The molecule has 6 heteroatoms. The lowest BCUT2D eigenvalue weighted by atomic mass is 10.1. The van der Waals surface area contributed by atoms with Gasteiger partial charge in [0.25, 0.3) is 0 Å². The van der Waals surface area contributed by atoms with E-state index in [0.29, 0.717) is 0 Å². The van der Waals surface area contributed by atoms with Crippen LogP contribution in [0, 0.1) is 6.54 Å². The molecule has 0 spiro atoms. The van der Waals surface area contributed by atoms with Crippen LogP contribution in [-0.4, -0.2) is 26.5 Å². The molecule has 0 bridgehead atoms. The van der Waals surface area contributed by atoms with E-state index in [1.54, 1.807) is 6.20 Å². The summed E-state index contributed by atoms with van der Waals surface area (Å²) in [5.74, 6) is 0.279. The van der Waals surface area contributed by atoms with Crippen molar-refractivity contribution in [3.05, 3.63) is 37.3 Å². The Morgan fingerprint density at radius 3 is 2.86 bits per heavy atom. The Kier molecular flexibility index (Phi) is 3.14. The van der Waals surface area contributed by atoms with E-state index in [9.17, 15) is 0 Å². The molecule has 1 aliphatic heterocycles. The minimum Gasteiger partial charge on any atom is -0.368 e. The van der Waals surface area contributed by atoms with E-state index in [4.69, 9.17) is 5.73 Å². The Labute approximate surface area is 128 Å². The van der Waals surface area contributed by atoms with Crippen molar-refractivity contribution >= 4 is 22.7 Å². The molecule has 0 amide bonds. The van der Waals surface area contributed by atoms with Gasteiger partial charge in [0, 0.05) is 37.2 Å². The van der Waals surface area contributed by atoms with E-state index < -0.39 is 0 Å². The molecule has 3 aromatic rings. The first-order valence-electron chi connectivity index (χ1n) is 7.48. The fourth-order valence-corrected chi connectivity index (χ4v) is 2.99. The third kappa shape index (κ3) is 2.16. The van der Waals surface area contributed by atoms with Gasteiger partial charge in [-0.05, 0) is 31.4 Å². The van der Waals surface area contributed by atoms with Crippen molar-refractivity contribution in [1.82, 2.24) is 19.9 Å². The maximum atomic E-state index is 5.72. The average molecular weight is 293 g/mol. The minimum absolute atomic E-state index is 0.279. The number of nitrogens with two attached hydrogens (primary N) is 1. The molecule has 0 aliphatic carbocycles. The maximum absolute atomic E-state index is 5.72. The van der Waals surface area contributed by atoms with Gasteiger partial charge >= 0.3 is 0 Å². The predicted molar refractivity (Wildman–Crippen MR) is 87.0 cm³/mol. The topological polar surface area (TPSA) is 83.7 Å². The first-order chi connectivity index (χ1) is 10.8. The molecule has 4 heterocycles. The van der Waals surface area contributed by atoms with Gasteiger partial charge in [0.2, 0.25) is 5.95 Å². The summed E-state index contributed by atoms with van der Waals surface area (Å²) >= 11 is 0. The number of H-pyrrole nitrogens is 1. The highest BCUT2D eigenvalue weighted by Gasteiger charge is 2.18. The van der Waals surface area contributed by atoms with Crippen molar-refractivity contribution in [1.29, 1.82) is 0 Å². The fraction of sp³-hybridized carbons (Fsp3) is 0.250. The SMILES string of the molecule is Nc1nccc(-c2c[nH]c3nccc(N4[CH]CCCC4)c23)n1. The largest absolute Gasteiger partial charge is 0.368 e. The van der Waals surface area contributed by atoms with Gasteiger partial charge in [-0.3, -0.25) is 0 Å². The average Bonchev–Trinajstić information content (AvgIpc) is 3.00. The smallest absolute Gasteiger partial charge is 0.220 e. The number of piperidine rings is 1. The Bertz CT molecular complexity index is 803. The number of hydrogen-bond acceptors (Lipinski definition) is 5. The lowest BCUT2D eigenvalue weighted by molar-refractivity contribution is 0.634. The van der Waals surface area contributed by atoms with Gasteiger partial charge in [-0.2, -0.15) is 0 Å². The van der Waals surface area contributed by atoms with Crippen LogP contribution >= 0.6 is 0 Å². The second-order valence-corrected chi connectivity index (χ2v) is 5.43. The molecular formula is C16H17N6. The van der Waals surface area contributed by atoms with Crippen molar-refractivity contribution in [2.24, 2.45) is 0 Å². The number of nitrogens with one attached hydrogen (secondary N) is 1. The minimum atomic E-state index is 0.279. The van der Waals surface area contributed by atoms with E-state index in [2.05, 4.69) is 37.4 Å². The van der Waals surface area contributed by atoms with Crippen molar-refractivity contribution in [2.75, 3.05) is 17.2 Å². The van der Waals surface area contributed by atoms with Crippen LogP contribution in [0.15, 0.2) is 30.7 Å². The second-order valence-electron chi connectivity index (χ2n) is 5.43. The number of aromatic amines is 1. The fourth-order valence-electron chi connectivity index (χ4n) is 2.99. The third-order valence-electron chi connectivity index (χ3n) is 4.01. The zero-order valence-electron chi connectivity index (χ0n) is 12.2. The highest BCUT2D eigenvalue weighted by atomic mass is 15.1. The molecule has 111 valence electrons. The number of nitrogens with zero attached hydrogens (tertiary/aromatic N) is 4. The number of aromatic nitrogens is 4. The van der Waals surface area contributed by atoms with Crippen molar-refractivity contribution in [3.63, 3.8) is 0 Å². The number of anilines is 2. The van der Waals surface area contributed by atoms with Gasteiger partial charge in [0.1, 0.15) is 5.65 Å². The first kappa shape index (κ1) is 13.1. The number of pyridine rings is 1. The summed E-state index contributed by atoms with van der Waals surface area (Å²) in [7, 11) is 0. The van der Waals surface area contributed by atoms with Gasteiger partial charge in [-0.25, -0.2) is 15.0 Å². The zero-order valence-corrected chi connectivity index (χ0v) is 12.2. The quantitative estimate of drug-likeness (QED) is 0.759. The first-order valence-corrected chi connectivity index (χ1v) is 7.48. The summed E-state index contributed by atoms with van der Waals surface area (Å²) < 4.78 is 0. The van der Waals surface area contributed by atoms with Crippen LogP contribution in [0.4, 0.5) is 11.6 Å². The molecule has 0 unspecified atom stereocenters. The van der Waals surface area contributed by atoms with E-state index in [1.165, 1.54) is 12.8 Å². The second kappa shape index (κ2) is 5.29. The highest BCUT2D eigenvalue weighted by molar-refractivity contribution is 6.02. The summed E-state index contributed by atoms with van der Waals surface area (Å²) in [6.07, 6.45) is 9.04. The van der Waals surface area contributed by atoms with Gasteiger partial charge in [0.15, 0.2) is 0 Å². The third-order valence-corrected chi connectivity index (χ3v) is 4.01. The molecule has 3 N–H and O–H groups in total. The molecule has 0 atom stereocenters. The Balaban J connectivity index is 1.89. The Morgan fingerprint density at radius 2 is 2.05 bits per heavy atom. The summed E-state index contributed by atoms with van der Waals surface area (Å²) in [4.78, 5) is 18.3. The van der Waals surface area contributed by atoms with Crippen molar-refractivity contribution in [3.8, 4) is 11.3 Å². The molecule has 4 rings (SSSR count). The lowest BCUT2D eigenvalue weighted by Gasteiger charge is -2.28. The van der Waals surface area contributed by atoms with Gasteiger partial charge in [0.05, 0.1) is 16.8 Å². The van der Waals surface area contributed by atoms with Crippen LogP contribution in [0.1, 0.15) is 19.3 Å².